The first-order valence-corrected chi connectivity index (χ1v) is 11.1. The zero-order valence-corrected chi connectivity index (χ0v) is 19.2. The lowest BCUT2D eigenvalue weighted by Gasteiger charge is -2.19. The predicted octanol–water partition coefficient (Wildman–Crippen LogP) is 5.81. The molecular weight excluding hydrogens is 477 g/mol. The largest absolute Gasteiger partial charge is 0.416 e. The first kappa shape index (κ1) is 25.2. The SMILES string of the molecule is Cc1c(Cc2c(F)cccc2C(F)(F)F)nn(CC(N)c2ccccc2)c(=O)c1-c1ccccc1F. The van der Waals surface area contributed by atoms with Gasteiger partial charge in [-0.1, -0.05) is 54.6 Å². The third-order valence-corrected chi connectivity index (χ3v) is 6.01. The Labute approximate surface area is 203 Å². The number of nitrogens with two attached hydrogens (primary N) is 1. The Hall–Kier alpha value is -3.85. The van der Waals surface area contributed by atoms with Crippen molar-refractivity contribution in [3.63, 3.8) is 0 Å². The van der Waals surface area contributed by atoms with Crippen molar-refractivity contribution in [3.8, 4) is 11.1 Å². The van der Waals surface area contributed by atoms with Crippen LogP contribution in [0.5, 0.6) is 0 Å². The molecule has 0 bridgehead atoms. The van der Waals surface area contributed by atoms with E-state index in [9.17, 15) is 26.7 Å². The maximum Gasteiger partial charge on any atom is 0.416 e. The molecule has 0 saturated carbocycles. The van der Waals surface area contributed by atoms with Gasteiger partial charge in [-0.2, -0.15) is 18.3 Å². The molecule has 3 aromatic carbocycles. The van der Waals surface area contributed by atoms with Gasteiger partial charge >= 0.3 is 6.18 Å². The van der Waals surface area contributed by atoms with Crippen molar-refractivity contribution in [3.05, 3.63) is 123 Å². The predicted molar refractivity (Wildman–Crippen MR) is 126 cm³/mol. The second-order valence-electron chi connectivity index (χ2n) is 8.37. The summed E-state index contributed by atoms with van der Waals surface area (Å²) < 4.78 is 71.2. The summed E-state index contributed by atoms with van der Waals surface area (Å²) in [5.74, 6) is -1.74. The van der Waals surface area contributed by atoms with Gasteiger partial charge in [0.25, 0.3) is 5.56 Å². The summed E-state index contributed by atoms with van der Waals surface area (Å²) >= 11 is 0. The van der Waals surface area contributed by atoms with Crippen molar-refractivity contribution < 1.29 is 22.0 Å². The van der Waals surface area contributed by atoms with Crippen LogP contribution in [0.1, 0.15) is 34.0 Å². The average molecular weight is 499 g/mol. The van der Waals surface area contributed by atoms with Crippen LogP contribution in [0.25, 0.3) is 11.1 Å². The Morgan fingerprint density at radius 3 is 2.22 bits per heavy atom. The molecule has 1 aromatic heterocycles. The van der Waals surface area contributed by atoms with E-state index < -0.39 is 47.0 Å². The highest BCUT2D eigenvalue weighted by Crippen LogP contribution is 2.35. The van der Waals surface area contributed by atoms with E-state index in [4.69, 9.17) is 5.73 Å². The summed E-state index contributed by atoms with van der Waals surface area (Å²) in [5.41, 5.74) is 4.63. The van der Waals surface area contributed by atoms with Crippen molar-refractivity contribution in [2.24, 2.45) is 5.73 Å². The minimum atomic E-state index is -4.80. The molecule has 36 heavy (non-hydrogen) atoms. The van der Waals surface area contributed by atoms with Gasteiger partial charge < -0.3 is 5.73 Å². The number of rotatable bonds is 6. The van der Waals surface area contributed by atoms with E-state index in [1.807, 2.05) is 0 Å². The third kappa shape index (κ3) is 5.06. The number of nitrogens with zero attached hydrogens (tertiary/aromatic N) is 2. The quantitative estimate of drug-likeness (QED) is 0.341. The van der Waals surface area contributed by atoms with E-state index in [1.54, 1.807) is 30.3 Å². The van der Waals surface area contributed by atoms with Crippen LogP contribution in [-0.2, 0) is 19.1 Å². The molecule has 0 fully saturated rings. The van der Waals surface area contributed by atoms with Gasteiger partial charge in [0, 0.05) is 23.6 Å². The molecule has 4 aromatic rings. The molecule has 0 aliphatic carbocycles. The first-order valence-electron chi connectivity index (χ1n) is 11.1. The van der Waals surface area contributed by atoms with Gasteiger partial charge in [-0.25, -0.2) is 13.5 Å². The Balaban J connectivity index is 1.90. The molecule has 1 unspecified atom stereocenters. The smallest absolute Gasteiger partial charge is 0.322 e. The number of halogens is 5. The zero-order valence-electron chi connectivity index (χ0n) is 19.2. The van der Waals surface area contributed by atoms with E-state index in [2.05, 4.69) is 5.10 Å². The average Bonchev–Trinajstić information content (AvgIpc) is 2.84. The summed E-state index contributed by atoms with van der Waals surface area (Å²) in [6.07, 6.45) is -5.36. The number of benzene rings is 3. The van der Waals surface area contributed by atoms with Gasteiger partial charge in [-0.3, -0.25) is 4.79 Å². The van der Waals surface area contributed by atoms with E-state index in [0.29, 0.717) is 5.56 Å². The van der Waals surface area contributed by atoms with Crippen LogP contribution in [0.2, 0.25) is 0 Å². The molecule has 9 heteroatoms. The van der Waals surface area contributed by atoms with Crippen LogP contribution >= 0.6 is 0 Å². The molecule has 0 amide bonds. The van der Waals surface area contributed by atoms with Crippen LogP contribution in [0.15, 0.2) is 77.6 Å². The number of hydrogen-bond donors (Lipinski definition) is 1. The van der Waals surface area contributed by atoms with Crippen LogP contribution < -0.4 is 11.3 Å². The summed E-state index contributed by atoms with van der Waals surface area (Å²) in [6, 6.07) is 16.4. The van der Waals surface area contributed by atoms with Crippen molar-refractivity contribution in [2.45, 2.75) is 32.1 Å². The maximum atomic E-state index is 14.7. The molecule has 4 nitrogen and oxygen atoms in total. The highest BCUT2D eigenvalue weighted by molar-refractivity contribution is 5.67. The molecule has 2 N–H and O–H groups in total. The number of aromatic nitrogens is 2. The molecule has 0 spiro atoms. The van der Waals surface area contributed by atoms with Crippen LogP contribution in [0.4, 0.5) is 22.0 Å². The van der Waals surface area contributed by atoms with Crippen molar-refractivity contribution in [2.75, 3.05) is 0 Å². The Bertz CT molecular complexity index is 1450. The minimum Gasteiger partial charge on any atom is -0.322 e. The van der Waals surface area contributed by atoms with Crippen LogP contribution in [0, 0.1) is 18.6 Å². The minimum absolute atomic E-state index is 0.00344. The highest BCUT2D eigenvalue weighted by atomic mass is 19.4. The molecule has 0 saturated heterocycles. The number of alkyl halides is 3. The second-order valence-corrected chi connectivity index (χ2v) is 8.37. The fraction of sp³-hybridized carbons (Fsp3) is 0.185. The van der Waals surface area contributed by atoms with Gasteiger partial charge in [-0.15, -0.1) is 0 Å². The lowest BCUT2D eigenvalue weighted by atomic mass is 9.95. The molecule has 4 rings (SSSR count). The summed E-state index contributed by atoms with van der Waals surface area (Å²) in [4.78, 5) is 13.4. The molecule has 186 valence electrons. The summed E-state index contributed by atoms with van der Waals surface area (Å²) in [7, 11) is 0. The van der Waals surface area contributed by atoms with E-state index >= 15 is 0 Å². The lowest BCUT2D eigenvalue weighted by molar-refractivity contribution is -0.138. The molecule has 1 heterocycles. The molecule has 0 radical (unpaired) electrons. The summed E-state index contributed by atoms with van der Waals surface area (Å²) in [6.45, 7) is 1.34. The molecule has 0 aliphatic rings. The van der Waals surface area contributed by atoms with Crippen molar-refractivity contribution >= 4 is 0 Å². The van der Waals surface area contributed by atoms with Crippen LogP contribution in [-0.4, -0.2) is 9.78 Å². The normalized spacial score (nSPS) is 12.5. The molecule has 1 atom stereocenters. The standard InChI is InChI=1S/C27H22F5N3O/c1-16-24(14-19-20(27(30,31)32)11-7-13-22(19)29)34-35(15-23(33)17-8-3-2-4-9-17)26(36)25(16)18-10-5-6-12-21(18)28/h2-13,23H,14-15,33H2,1H3. The zero-order chi connectivity index (χ0) is 26.0. The van der Waals surface area contributed by atoms with Gasteiger partial charge in [0.05, 0.1) is 23.4 Å². The lowest BCUT2D eigenvalue weighted by Crippen LogP contribution is -2.32. The van der Waals surface area contributed by atoms with E-state index in [1.165, 1.54) is 31.2 Å². The second kappa shape index (κ2) is 10.0. The number of hydrogen-bond acceptors (Lipinski definition) is 3. The van der Waals surface area contributed by atoms with Crippen LogP contribution in [0.3, 0.4) is 0 Å². The van der Waals surface area contributed by atoms with E-state index in [0.717, 1.165) is 22.9 Å². The monoisotopic (exact) mass is 499 g/mol. The Kier molecular flexibility index (Phi) is 7.03. The Morgan fingerprint density at radius 2 is 1.56 bits per heavy atom. The third-order valence-electron chi connectivity index (χ3n) is 6.01. The van der Waals surface area contributed by atoms with Crippen molar-refractivity contribution in [1.82, 2.24) is 9.78 Å². The topological polar surface area (TPSA) is 60.9 Å². The summed E-state index contributed by atoms with van der Waals surface area (Å²) in [5, 5.41) is 4.28. The highest BCUT2D eigenvalue weighted by Gasteiger charge is 2.35. The first-order chi connectivity index (χ1) is 17.1. The Morgan fingerprint density at radius 1 is 0.917 bits per heavy atom. The van der Waals surface area contributed by atoms with Gasteiger partial charge in [0.2, 0.25) is 0 Å². The van der Waals surface area contributed by atoms with Crippen molar-refractivity contribution in [1.29, 1.82) is 0 Å². The van der Waals surface area contributed by atoms with E-state index in [-0.39, 0.29) is 28.9 Å². The van der Waals surface area contributed by atoms with Gasteiger partial charge in [-0.05, 0) is 36.2 Å². The van der Waals surface area contributed by atoms with Gasteiger partial charge in [0.1, 0.15) is 11.6 Å². The van der Waals surface area contributed by atoms with Gasteiger partial charge in [0.15, 0.2) is 0 Å². The fourth-order valence-corrected chi connectivity index (χ4v) is 4.14. The maximum absolute atomic E-state index is 14.7. The molecular formula is C27H22F5N3O. The molecule has 0 aliphatic heterocycles. The fourth-order valence-electron chi connectivity index (χ4n) is 4.14.